The minimum atomic E-state index is -0.458. The Labute approximate surface area is 135 Å². The second-order valence-corrected chi connectivity index (χ2v) is 8.59. The Morgan fingerprint density at radius 2 is 1.95 bits per heavy atom. The normalized spacial score (nSPS) is 21.6. The van der Waals surface area contributed by atoms with Gasteiger partial charge >= 0.3 is 6.09 Å². The number of hydrogen-bond acceptors (Lipinski definition) is 4. The molecule has 5 heteroatoms. The maximum Gasteiger partial charge on any atom is 0.410 e. The average Bonchev–Trinajstić information content (AvgIpc) is 2.32. The molecule has 2 atom stereocenters. The number of likely N-dealkylation sites (tertiary alicyclic amines) is 1. The molecule has 1 rings (SSSR count). The monoisotopic (exact) mass is 314 g/mol. The lowest BCUT2D eigenvalue weighted by atomic mass is 9.89. The van der Waals surface area contributed by atoms with Crippen LogP contribution in [0, 0.1) is 5.41 Å². The van der Waals surface area contributed by atoms with E-state index in [1.807, 2.05) is 20.8 Å². The predicted molar refractivity (Wildman–Crippen MR) is 88.9 cm³/mol. The van der Waals surface area contributed by atoms with Crippen LogP contribution in [-0.2, 0) is 4.74 Å². The van der Waals surface area contributed by atoms with Gasteiger partial charge in [-0.2, -0.15) is 0 Å². The zero-order valence-corrected chi connectivity index (χ0v) is 15.1. The Bertz CT molecular complexity index is 358. The Morgan fingerprint density at radius 3 is 2.50 bits per heavy atom. The van der Waals surface area contributed by atoms with E-state index >= 15 is 0 Å². The Hall–Kier alpha value is -0.810. The molecule has 1 saturated heterocycles. The molecule has 0 aromatic rings. The second kappa shape index (κ2) is 7.64. The molecule has 5 nitrogen and oxygen atoms in total. The van der Waals surface area contributed by atoms with Crippen molar-refractivity contribution < 1.29 is 14.6 Å². The molecule has 22 heavy (non-hydrogen) atoms. The fourth-order valence-corrected chi connectivity index (χ4v) is 2.72. The van der Waals surface area contributed by atoms with Crippen LogP contribution in [0.25, 0.3) is 0 Å². The molecule has 0 aromatic carbocycles. The quantitative estimate of drug-likeness (QED) is 0.837. The van der Waals surface area contributed by atoms with Crippen molar-refractivity contribution in [2.75, 3.05) is 19.6 Å². The molecule has 0 radical (unpaired) electrons. The number of nitrogens with one attached hydrogen (secondary N) is 1. The second-order valence-electron chi connectivity index (χ2n) is 8.59. The SMILES string of the molecule is CC(C)(C)CC(O)CNC1CCCN(C(=O)OC(C)(C)C)C1. The molecule has 0 saturated carbocycles. The van der Waals surface area contributed by atoms with Crippen molar-refractivity contribution in [3.63, 3.8) is 0 Å². The number of aliphatic hydroxyl groups is 1. The minimum absolute atomic E-state index is 0.121. The van der Waals surface area contributed by atoms with Gasteiger partial charge in [-0.3, -0.25) is 0 Å². The van der Waals surface area contributed by atoms with E-state index in [9.17, 15) is 9.90 Å². The van der Waals surface area contributed by atoms with Crippen molar-refractivity contribution in [2.45, 2.75) is 78.6 Å². The summed E-state index contributed by atoms with van der Waals surface area (Å²) >= 11 is 0. The van der Waals surface area contributed by atoms with Crippen LogP contribution in [-0.4, -0.2) is 53.5 Å². The molecule has 2 N–H and O–H groups in total. The van der Waals surface area contributed by atoms with Crippen molar-refractivity contribution in [2.24, 2.45) is 5.41 Å². The summed E-state index contributed by atoms with van der Waals surface area (Å²) in [6.07, 6.45) is 2.17. The van der Waals surface area contributed by atoms with Gasteiger partial charge in [0, 0.05) is 25.7 Å². The highest BCUT2D eigenvalue weighted by Crippen LogP contribution is 2.21. The molecule has 0 aliphatic carbocycles. The third-order valence-electron chi connectivity index (χ3n) is 3.56. The highest BCUT2D eigenvalue weighted by molar-refractivity contribution is 5.68. The maximum atomic E-state index is 12.1. The van der Waals surface area contributed by atoms with Gasteiger partial charge < -0.3 is 20.1 Å². The Balaban J connectivity index is 2.39. The lowest BCUT2D eigenvalue weighted by Gasteiger charge is -2.35. The van der Waals surface area contributed by atoms with Crippen LogP contribution in [0.15, 0.2) is 0 Å². The van der Waals surface area contributed by atoms with E-state index in [2.05, 4.69) is 26.1 Å². The zero-order valence-electron chi connectivity index (χ0n) is 15.1. The van der Waals surface area contributed by atoms with Gasteiger partial charge in [-0.1, -0.05) is 20.8 Å². The summed E-state index contributed by atoms with van der Waals surface area (Å²) in [5.41, 5.74) is -0.337. The molecule has 2 unspecified atom stereocenters. The standard InChI is InChI=1S/C17H34N2O3/c1-16(2,3)10-14(20)11-18-13-8-7-9-19(12-13)15(21)22-17(4,5)6/h13-14,18,20H,7-12H2,1-6H3. The minimum Gasteiger partial charge on any atom is -0.444 e. The summed E-state index contributed by atoms with van der Waals surface area (Å²) in [6, 6.07) is 0.232. The largest absolute Gasteiger partial charge is 0.444 e. The van der Waals surface area contributed by atoms with Crippen molar-refractivity contribution in [3.8, 4) is 0 Å². The van der Waals surface area contributed by atoms with Gasteiger partial charge in [0.15, 0.2) is 0 Å². The fourth-order valence-electron chi connectivity index (χ4n) is 2.72. The first kappa shape index (κ1) is 19.2. The Kier molecular flexibility index (Phi) is 6.68. The first-order valence-corrected chi connectivity index (χ1v) is 8.36. The number of piperidine rings is 1. The molecule has 1 aliphatic rings. The fraction of sp³-hybridized carbons (Fsp3) is 0.941. The van der Waals surface area contributed by atoms with Crippen LogP contribution in [0.4, 0.5) is 4.79 Å². The summed E-state index contributed by atoms with van der Waals surface area (Å²) in [5, 5.41) is 13.5. The van der Waals surface area contributed by atoms with Crippen LogP contribution in [0.3, 0.4) is 0 Å². The molecule has 1 amide bonds. The van der Waals surface area contributed by atoms with Gasteiger partial charge in [0.25, 0.3) is 0 Å². The van der Waals surface area contributed by atoms with Crippen LogP contribution < -0.4 is 5.32 Å². The lowest BCUT2D eigenvalue weighted by Crippen LogP contribution is -2.50. The highest BCUT2D eigenvalue weighted by Gasteiger charge is 2.28. The average molecular weight is 314 g/mol. The topological polar surface area (TPSA) is 61.8 Å². The number of ether oxygens (including phenoxy) is 1. The summed E-state index contributed by atoms with van der Waals surface area (Å²) < 4.78 is 5.43. The van der Waals surface area contributed by atoms with Gasteiger partial charge in [-0.25, -0.2) is 4.79 Å². The van der Waals surface area contributed by atoms with Crippen LogP contribution >= 0.6 is 0 Å². The number of rotatable bonds is 4. The third kappa shape index (κ3) is 7.99. The number of carbonyl (C=O) groups is 1. The van der Waals surface area contributed by atoms with Crippen molar-refractivity contribution >= 4 is 6.09 Å². The molecule has 1 fully saturated rings. The number of amides is 1. The number of aliphatic hydroxyl groups excluding tert-OH is 1. The summed E-state index contributed by atoms with van der Waals surface area (Å²) in [5.74, 6) is 0. The summed E-state index contributed by atoms with van der Waals surface area (Å²) in [6.45, 7) is 14.0. The molecule has 0 spiro atoms. The molecule has 130 valence electrons. The van der Waals surface area contributed by atoms with E-state index in [0.717, 1.165) is 25.8 Å². The van der Waals surface area contributed by atoms with Crippen molar-refractivity contribution in [3.05, 3.63) is 0 Å². The first-order chi connectivity index (χ1) is 9.96. The van der Waals surface area contributed by atoms with E-state index in [1.54, 1.807) is 4.90 Å². The molecule has 1 heterocycles. The van der Waals surface area contributed by atoms with E-state index in [1.165, 1.54) is 0 Å². The number of hydrogen-bond donors (Lipinski definition) is 2. The number of carbonyl (C=O) groups excluding carboxylic acids is 1. The van der Waals surface area contributed by atoms with Gasteiger partial charge in [0.2, 0.25) is 0 Å². The number of nitrogens with zero attached hydrogens (tertiary/aromatic N) is 1. The van der Waals surface area contributed by atoms with Crippen LogP contribution in [0.5, 0.6) is 0 Å². The molecule has 1 aliphatic heterocycles. The van der Waals surface area contributed by atoms with E-state index in [0.29, 0.717) is 13.1 Å². The molecule has 0 aromatic heterocycles. The van der Waals surface area contributed by atoms with E-state index < -0.39 is 5.60 Å². The molecular weight excluding hydrogens is 280 g/mol. The maximum absolute atomic E-state index is 12.1. The van der Waals surface area contributed by atoms with E-state index in [-0.39, 0.29) is 23.7 Å². The first-order valence-electron chi connectivity index (χ1n) is 8.36. The van der Waals surface area contributed by atoms with Gasteiger partial charge in [-0.15, -0.1) is 0 Å². The third-order valence-corrected chi connectivity index (χ3v) is 3.56. The smallest absolute Gasteiger partial charge is 0.410 e. The van der Waals surface area contributed by atoms with Crippen molar-refractivity contribution in [1.29, 1.82) is 0 Å². The summed E-state index contributed by atoms with van der Waals surface area (Å²) in [4.78, 5) is 13.9. The van der Waals surface area contributed by atoms with Crippen molar-refractivity contribution in [1.82, 2.24) is 10.2 Å². The van der Waals surface area contributed by atoms with Gasteiger partial charge in [0.05, 0.1) is 6.10 Å². The molecular formula is C17H34N2O3. The van der Waals surface area contributed by atoms with Gasteiger partial charge in [0.1, 0.15) is 5.60 Å². The summed E-state index contributed by atoms with van der Waals surface area (Å²) in [7, 11) is 0. The highest BCUT2D eigenvalue weighted by atomic mass is 16.6. The lowest BCUT2D eigenvalue weighted by molar-refractivity contribution is 0.0181. The van der Waals surface area contributed by atoms with Crippen LogP contribution in [0.2, 0.25) is 0 Å². The zero-order chi connectivity index (χ0) is 17.0. The molecule has 0 bridgehead atoms. The Morgan fingerprint density at radius 1 is 1.32 bits per heavy atom. The van der Waals surface area contributed by atoms with Gasteiger partial charge in [-0.05, 0) is 45.4 Å². The predicted octanol–water partition coefficient (Wildman–Crippen LogP) is 2.77. The van der Waals surface area contributed by atoms with Crippen LogP contribution in [0.1, 0.15) is 60.8 Å². The van der Waals surface area contributed by atoms with E-state index in [4.69, 9.17) is 4.74 Å².